The van der Waals surface area contributed by atoms with Gasteiger partial charge in [-0.15, -0.1) is 0 Å². The molecule has 0 heterocycles. The largest absolute Gasteiger partial charge is 0.327 e. The Bertz CT molecular complexity index is 510. The van der Waals surface area contributed by atoms with E-state index in [0.29, 0.717) is 12.3 Å². The molecule has 0 bridgehead atoms. The highest BCUT2D eigenvalue weighted by molar-refractivity contribution is 7.92. The summed E-state index contributed by atoms with van der Waals surface area (Å²) in [5.41, 5.74) is 7.30. The van der Waals surface area contributed by atoms with Crippen LogP contribution < -0.4 is 5.73 Å². The van der Waals surface area contributed by atoms with Crippen molar-refractivity contribution in [3.63, 3.8) is 0 Å². The third-order valence-corrected chi connectivity index (χ3v) is 6.89. The van der Waals surface area contributed by atoms with Crippen LogP contribution in [-0.2, 0) is 9.84 Å². The summed E-state index contributed by atoms with van der Waals surface area (Å²) < 4.78 is 24.8. The Morgan fingerprint density at radius 3 is 2.37 bits per heavy atom. The van der Waals surface area contributed by atoms with Gasteiger partial charge >= 0.3 is 0 Å². The lowest BCUT2D eigenvalue weighted by atomic mass is 9.82. The van der Waals surface area contributed by atoms with E-state index in [4.69, 9.17) is 5.73 Å². The molecular weight excluding hydrogens is 258 g/mol. The van der Waals surface area contributed by atoms with Gasteiger partial charge in [-0.1, -0.05) is 30.3 Å². The van der Waals surface area contributed by atoms with Crippen LogP contribution in [0.25, 0.3) is 0 Å². The molecule has 4 heteroatoms. The van der Waals surface area contributed by atoms with Crippen molar-refractivity contribution in [1.82, 2.24) is 0 Å². The van der Waals surface area contributed by atoms with Crippen LogP contribution >= 0.6 is 0 Å². The molecule has 1 aliphatic carbocycles. The Kier molecular flexibility index (Phi) is 4.31. The second kappa shape index (κ2) is 5.63. The van der Waals surface area contributed by atoms with Crippen LogP contribution in [0.1, 0.15) is 44.6 Å². The monoisotopic (exact) mass is 281 g/mol. The summed E-state index contributed by atoms with van der Waals surface area (Å²) in [6, 6.07) is 9.96. The van der Waals surface area contributed by atoms with E-state index >= 15 is 0 Å². The van der Waals surface area contributed by atoms with Gasteiger partial charge in [0.05, 0.1) is 10.5 Å². The first-order chi connectivity index (χ1) is 8.93. The molecule has 0 amide bonds. The number of rotatable bonds is 3. The topological polar surface area (TPSA) is 60.2 Å². The summed E-state index contributed by atoms with van der Waals surface area (Å²) >= 11 is 0. The van der Waals surface area contributed by atoms with Crippen LogP contribution in [0.5, 0.6) is 0 Å². The van der Waals surface area contributed by atoms with E-state index < -0.39 is 15.1 Å². The van der Waals surface area contributed by atoms with Crippen molar-refractivity contribution in [2.75, 3.05) is 0 Å². The van der Waals surface area contributed by atoms with E-state index in [1.165, 1.54) is 5.56 Å². The smallest absolute Gasteiger partial charge is 0.157 e. The van der Waals surface area contributed by atoms with Gasteiger partial charge in [-0.25, -0.2) is 8.42 Å². The fraction of sp³-hybridized carbons (Fsp3) is 0.600. The first kappa shape index (κ1) is 14.5. The lowest BCUT2D eigenvalue weighted by molar-refractivity contribution is 0.389. The van der Waals surface area contributed by atoms with E-state index in [0.717, 1.165) is 12.8 Å². The van der Waals surface area contributed by atoms with Gasteiger partial charge in [0.2, 0.25) is 0 Å². The van der Waals surface area contributed by atoms with Crippen LogP contribution in [0.4, 0.5) is 0 Å². The molecule has 0 spiro atoms. The second-order valence-corrected chi connectivity index (χ2v) is 8.49. The molecule has 3 nitrogen and oxygen atoms in total. The van der Waals surface area contributed by atoms with E-state index in [1.54, 1.807) is 13.8 Å². The maximum atomic E-state index is 12.4. The predicted molar refractivity (Wildman–Crippen MR) is 78.9 cm³/mol. The Hall–Kier alpha value is -0.870. The van der Waals surface area contributed by atoms with Crippen molar-refractivity contribution in [1.29, 1.82) is 0 Å². The molecule has 19 heavy (non-hydrogen) atoms. The molecule has 2 N–H and O–H groups in total. The SMILES string of the molecule is CC(C)S(=O)(=O)C1CC(c2ccccc2)CCC1N. The van der Waals surface area contributed by atoms with Crippen molar-refractivity contribution in [3.05, 3.63) is 35.9 Å². The number of benzene rings is 1. The van der Waals surface area contributed by atoms with Crippen molar-refractivity contribution in [2.24, 2.45) is 5.73 Å². The highest BCUT2D eigenvalue weighted by Gasteiger charge is 2.38. The van der Waals surface area contributed by atoms with Crippen molar-refractivity contribution >= 4 is 9.84 Å². The average Bonchev–Trinajstić information content (AvgIpc) is 2.40. The maximum Gasteiger partial charge on any atom is 0.157 e. The summed E-state index contributed by atoms with van der Waals surface area (Å²) in [6.07, 6.45) is 2.43. The van der Waals surface area contributed by atoms with Gasteiger partial charge < -0.3 is 5.73 Å². The minimum Gasteiger partial charge on any atom is -0.327 e. The van der Waals surface area contributed by atoms with Crippen LogP contribution in [0.3, 0.4) is 0 Å². The van der Waals surface area contributed by atoms with Crippen molar-refractivity contribution in [3.8, 4) is 0 Å². The van der Waals surface area contributed by atoms with Crippen molar-refractivity contribution < 1.29 is 8.42 Å². The van der Waals surface area contributed by atoms with E-state index in [2.05, 4.69) is 12.1 Å². The quantitative estimate of drug-likeness (QED) is 0.926. The molecule has 1 aliphatic rings. The van der Waals surface area contributed by atoms with Gasteiger partial charge in [-0.2, -0.15) is 0 Å². The van der Waals surface area contributed by atoms with Gasteiger partial charge in [-0.3, -0.25) is 0 Å². The minimum absolute atomic E-state index is 0.215. The van der Waals surface area contributed by atoms with Gasteiger partial charge in [0.1, 0.15) is 0 Å². The molecule has 0 saturated heterocycles. The molecule has 3 unspecified atom stereocenters. The average molecular weight is 281 g/mol. The maximum absolute atomic E-state index is 12.4. The summed E-state index contributed by atoms with van der Waals surface area (Å²) in [5.74, 6) is 0.319. The third-order valence-electron chi connectivity index (χ3n) is 4.19. The van der Waals surface area contributed by atoms with E-state index in [1.807, 2.05) is 18.2 Å². The molecule has 106 valence electrons. The van der Waals surface area contributed by atoms with Crippen LogP contribution in [0.2, 0.25) is 0 Å². The van der Waals surface area contributed by atoms with Gasteiger partial charge in [0.25, 0.3) is 0 Å². The fourth-order valence-electron chi connectivity index (χ4n) is 2.91. The molecule has 1 aromatic rings. The second-order valence-electron chi connectivity index (χ2n) is 5.76. The molecule has 0 radical (unpaired) electrons. The molecule has 1 aromatic carbocycles. The van der Waals surface area contributed by atoms with Gasteiger partial charge in [0, 0.05) is 6.04 Å². The molecule has 0 aromatic heterocycles. The summed E-state index contributed by atoms with van der Waals surface area (Å²) in [4.78, 5) is 0. The van der Waals surface area contributed by atoms with Crippen molar-refractivity contribution in [2.45, 2.75) is 55.6 Å². The molecular formula is C15H23NO2S. The lowest BCUT2D eigenvalue weighted by Crippen LogP contribution is -2.47. The molecule has 1 fully saturated rings. The van der Waals surface area contributed by atoms with Crippen LogP contribution in [-0.4, -0.2) is 25.0 Å². The third kappa shape index (κ3) is 3.00. The Labute approximate surface area is 116 Å². The molecule has 3 atom stereocenters. The zero-order valence-corrected chi connectivity index (χ0v) is 12.4. The fourth-order valence-corrected chi connectivity index (χ4v) is 4.73. The molecule has 0 aliphatic heterocycles. The Balaban J connectivity index is 2.22. The standard InChI is InChI=1S/C15H23NO2S/c1-11(2)19(17,18)15-10-13(8-9-14(15)16)12-6-4-3-5-7-12/h3-7,11,13-15H,8-10,16H2,1-2H3. The number of nitrogens with two attached hydrogens (primary N) is 1. The van der Waals surface area contributed by atoms with Gasteiger partial charge in [0.15, 0.2) is 9.84 Å². The minimum atomic E-state index is -3.12. The summed E-state index contributed by atoms with van der Waals surface area (Å²) in [7, 11) is -3.12. The van der Waals surface area contributed by atoms with E-state index in [-0.39, 0.29) is 11.3 Å². The molecule has 1 saturated carbocycles. The number of sulfone groups is 1. The molecule has 2 rings (SSSR count). The first-order valence-corrected chi connectivity index (χ1v) is 8.57. The highest BCUT2D eigenvalue weighted by Crippen LogP contribution is 2.36. The Morgan fingerprint density at radius 2 is 1.79 bits per heavy atom. The zero-order valence-electron chi connectivity index (χ0n) is 11.6. The van der Waals surface area contributed by atoms with Gasteiger partial charge in [-0.05, 0) is 44.6 Å². The highest BCUT2D eigenvalue weighted by atomic mass is 32.2. The normalized spacial score (nSPS) is 28.5. The summed E-state index contributed by atoms with van der Waals surface area (Å²) in [6.45, 7) is 3.49. The number of hydrogen-bond donors (Lipinski definition) is 1. The zero-order chi connectivity index (χ0) is 14.0. The predicted octanol–water partition coefficient (Wildman–Crippen LogP) is 2.47. The summed E-state index contributed by atoms with van der Waals surface area (Å²) in [5, 5.41) is -0.746. The van der Waals surface area contributed by atoms with Crippen LogP contribution in [0.15, 0.2) is 30.3 Å². The van der Waals surface area contributed by atoms with E-state index in [9.17, 15) is 8.42 Å². The Morgan fingerprint density at radius 1 is 1.16 bits per heavy atom. The number of hydrogen-bond acceptors (Lipinski definition) is 3. The van der Waals surface area contributed by atoms with Crippen LogP contribution in [0, 0.1) is 0 Å². The lowest BCUT2D eigenvalue weighted by Gasteiger charge is -2.35. The first-order valence-electron chi connectivity index (χ1n) is 6.96.